The van der Waals surface area contributed by atoms with Crippen LogP contribution in [0.25, 0.3) is 21.8 Å². The molecule has 1 aromatic heterocycles. The maximum Gasteiger partial charge on any atom is 0.0896 e. The van der Waals surface area contributed by atoms with Crippen LogP contribution in [0.3, 0.4) is 0 Å². The van der Waals surface area contributed by atoms with Gasteiger partial charge >= 0.3 is 0 Å². The van der Waals surface area contributed by atoms with E-state index < -0.39 is 0 Å². The Labute approximate surface area is 175 Å². The van der Waals surface area contributed by atoms with E-state index in [0.717, 1.165) is 30.2 Å². The molecule has 0 aliphatic carbocycles. The van der Waals surface area contributed by atoms with E-state index in [1.165, 1.54) is 32.9 Å². The summed E-state index contributed by atoms with van der Waals surface area (Å²) in [6.07, 6.45) is 2.36. The summed E-state index contributed by atoms with van der Waals surface area (Å²) in [4.78, 5) is 0. The molecule has 2 aliphatic rings. The number of halogens is 1. The van der Waals surface area contributed by atoms with Gasteiger partial charge in [-0.15, -0.1) is 0 Å². The van der Waals surface area contributed by atoms with E-state index in [-0.39, 0.29) is 12.1 Å². The zero-order valence-electron chi connectivity index (χ0n) is 16.4. The van der Waals surface area contributed by atoms with E-state index in [4.69, 9.17) is 16.3 Å². The Hall–Kier alpha value is -2.49. The van der Waals surface area contributed by atoms with E-state index in [0.29, 0.717) is 5.92 Å². The van der Waals surface area contributed by atoms with Crippen molar-refractivity contribution in [2.45, 2.75) is 25.0 Å². The fourth-order valence-corrected chi connectivity index (χ4v) is 5.53. The van der Waals surface area contributed by atoms with Gasteiger partial charge in [-0.2, -0.15) is 0 Å². The minimum atomic E-state index is 0.104. The summed E-state index contributed by atoms with van der Waals surface area (Å²) in [5.41, 5.74) is 6.21. The van der Waals surface area contributed by atoms with Crippen molar-refractivity contribution in [2.75, 3.05) is 11.9 Å². The van der Waals surface area contributed by atoms with E-state index in [1.54, 1.807) is 0 Å². The number of hydrogen-bond donors (Lipinski definition) is 1. The summed E-state index contributed by atoms with van der Waals surface area (Å²) in [6.45, 7) is 0.822. The predicted molar refractivity (Wildman–Crippen MR) is 120 cm³/mol. The molecule has 0 unspecified atom stereocenters. The smallest absolute Gasteiger partial charge is 0.0896 e. The van der Waals surface area contributed by atoms with Crippen LogP contribution in [0, 0.1) is 5.92 Å². The lowest BCUT2D eigenvalue weighted by atomic mass is 9.77. The number of aromatic nitrogens is 1. The van der Waals surface area contributed by atoms with Crippen molar-refractivity contribution >= 4 is 39.1 Å². The average Bonchev–Trinajstić information content (AvgIpc) is 3.05. The van der Waals surface area contributed by atoms with Gasteiger partial charge in [0.25, 0.3) is 0 Å². The number of nitrogens with zero attached hydrogens (tertiary/aromatic N) is 1. The number of aryl methyl sites for hydroxylation is 1. The fraction of sp³-hybridized carbons (Fsp3) is 0.280. The van der Waals surface area contributed by atoms with Crippen LogP contribution in [0.1, 0.15) is 36.1 Å². The van der Waals surface area contributed by atoms with Gasteiger partial charge in [-0.25, -0.2) is 0 Å². The number of hydrogen-bond acceptors (Lipinski definition) is 2. The molecule has 29 heavy (non-hydrogen) atoms. The highest BCUT2D eigenvalue weighted by atomic mass is 35.5. The van der Waals surface area contributed by atoms with Gasteiger partial charge in [0, 0.05) is 57.7 Å². The molecule has 3 heterocycles. The second-order valence-corrected chi connectivity index (χ2v) is 8.74. The predicted octanol–water partition coefficient (Wildman–Crippen LogP) is 6.62. The average molecular weight is 403 g/mol. The highest BCUT2D eigenvalue weighted by molar-refractivity contribution is 6.30. The standard InChI is InChI=1S/C25H23ClN2O/c1-28-22-7-3-2-5-17(22)19-13-15(8-11-23(19)28)24-18-6-4-12-29-25(18)20-14-16(26)9-10-21(20)27-24/h2-3,5,7-11,13-14,18,24-25,27H,4,6,12H2,1H3/t18-,24-,25-/m1/s1. The van der Waals surface area contributed by atoms with Crippen molar-refractivity contribution in [3.05, 3.63) is 76.8 Å². The van der Waals surface area contributed by atoms with Crippen LogP contribution in [0.4, 0.5) is 5.69 Å². The molecule has 1 fully saturated rings. The summed E-state index contributed by atoms with van der Waals surface area (Å²) >= 11 is 6.30. The lowest BCUT2D eigenvalue weighted by Crippen LogP contribution is -2.36. The molecule has 3 nitrogen and oxygen atoms in total. The van der Waals surface area contributed by atoms with Gasteiger partial charge in [-0.1, -0.05) is 35.9 Å². The SMILES string of the molecule is Cn1c2ccccc2c2cc([C@H]3Nc4ccc(Cl)cc4[C@@H]4OCCC[C@H]34)ccc21. The van der Waals surface area contributed by atoms with Crippen LogP contribution in [0.15, 0.2) is 60.7 Å². The number of ether oxygens (including phenoxy) is 1. The molecular formula is C25H23ClN2O. The molecule has 1 N–H and O–H groups in total. The molecule has 0 amide bonds. The van der Waals surface area contributed by atoms with E-state index in [1.807, 2.05) is 6.07 Å². The quantitative estimate of drug-likeness (QED) is 0.387. The molecule has 0 saturated carbocycles. The largest absolute Gasteiger partial charge is 0.378 e. The van der Waals surface area contributed by atoms with Crippen molar-refractivity contribution < 1.29 is 4.74 Å². The Balaban J connectivity index is 1.51. The van der Waals surface area contributed by atoms with Crippen LogP contribution in [0.2, 0.25) is 5.02 Å². The Bertz CT molecular complexity index is 1240. The Morgan fingerprint density at radius 1 is 1.00 bits per heavy atom. The molecule has 0 radical (unpaired) electrons. The lowest BCUT2D eigenvalue weighted by Gasteiger charge is -2.43. The second kappa shape index (κ2) is 6.51. The summed E-state index contributed by atoms with van der Waals surface area (Å²) in [7, 11) is 2.15. The molecule has 6 rings (SSSR count). The van der Waals surface area contributed by atoms with Crippen LogP contribution >= 0.6 is 11.6 Å². The molecule has 0 spiro atoms. The van der Waals surface area contributed by atoms with Gasteiger partial charge in [-0.3, -0.25) is 0 Å². The zero-order valence-corrected chi connectivity index (χ0v) is 17.1. The zero-order chi connectivity index (χ0) is 19.5. The molecule has 1 saturated heterocycles. The van der Waals surface area contributed by atoms with E-state index >= 15 is 0 Å². The van der Waals surface area contributed by atoms with Crippen molar-refractivity contribution in [1.29, 1.82) is 0 Å². The maximum absolute atomic E-state index is 6.30. The number of para-hydroxylation sites is 1. The third kappa shape index (κ3) is 2.61. The topological polar surface area (TPSA) is 26.2 Å². The monoisotopic (exact) mass is 402 g/mol. The van der Waals surface area contributed by atoms with Gasteiger partial charge in [0.2, 0.25) is 0 Å². The third-order valence-electron chi connectivity index (χ3n) is 6.72. The second-order valence-electron chi connectivity index (χ2n) is 8.30. The number of rotatable bonds is 1. The Morgan fingerprint density at radius 3 is 2.79 bits per heavy atom. The lowest BCUT2D eigenvalue weighted by molar-refractivity contribution is -0.0381. The summed E-state index contributed by atoms with van der Waals surface area (Å²) in [5, 5.41) is 7.21. The van der Waals surface area contributed by atoms with Crippen LogP contribution in [-0.4, -0.2) is 11.2 Å². The van der Waals surface area contributed by atoms with Crippen molar-refractivity contribution in [2.24, 2.45) is 13.0 Å². The molecule has 2 aliphatic heterocycles. The minimum Gasteiger partial charge on any atom is -0.378 e. The number of nitrogens with one attached hydrogen (secondary N) is 1. The molecule has 3 aromatic carbocycles. The first-order chi connectivity index (χ1) is 14.2. The van der Waals surface area contributed by atoms with Gasteiger partial charge in [-0.05, 0) is 54.8 Å². The molecule has 3 atom stereocenters. The fourth-order valence-electron chi connectivity index (χ4n) is 5.35. The minimum absolute atomic E-state index is 0.104. The Morgan fingerprint density at radius 2 is 1.86 bits per heavy atom. The van der Waals surface area contributed by atoms with Gasteiger partial charge in [0.1, 0.15) is 0 Å². The van der Waals surface area contributed by atoms with E-state index in [9.17, 15) is 0 Å². The summed E-state index contributed by atoms with van der Waals surface area (Å²) < 4.78 is 8.56. The van der Waals surface area contributed by atoms with Crippen molar-refractivity contribution in [3.63, 3.8) is 0 Å². The molecule has 4 heteroatoms. The van der Waals surface area contributed by atoms with Crippen LogP contribution in [0.5, 0.6) is 0 Å². The third-order valence-corrected chi connectivity index (χ3v) is 6.96. The highest BCUT2D eigenvalue weighted by Crippen LogP contribution is 2.50. The summed E-state index contributed by atoms with van der Waals surface area (Å²) in [6, 6.07) is 21.9. The molecular weight excluding hydrogens is 380 g/mol. The maximum atomic E-state index is 6.30. The van der Waals surface area contributed by atoms with Gasteiger partial charge in [0.05, 0.1) is 12.1 Å². The van der Waals surface area contributed by atoms with Crippen molar-refractivity contribution in [3.8, 4) is 0 Å². The van der Waals surface area contributed by atoms with Crippen LogP contribution in [-0.2, 0) is 11.8 Å². The van der Waals surface area contributed by atoms with Gasteiger partial charge in [0.15, 0.2) is 0 Å². The molecule has 0 bridgehead atoms. The van der Waals surface area contributed by atoms with Crippen molar-refractivity contribution in [1.82, 2.24) is 4.57 Å². The number of benzene rings is 3. The number of anilines is 1. The first-order valence-electron chi connectivity index (χ1n) is 10.4. The summed E-state index contributed by atoms with van der Waals surface area (Å²) in [5.74, 6) is 0.405. The van der Waals surface area contributed by atoms with Gasteiger partial charge < -0.3 is 14.6 Å². The van der Waals surface area contributed by atoms with Crippen LogP contribution < -0.4 is 5.32 Å². The molecule has 146 valence electrons. The molecule has 4 aromatic rings. The number of fused-ring (bicyclic) bond motifs is 6. The first kappa shape index (κ1) is 17.4. The normalized spacial score (nSPS) is 23.6. The first-order valence-corrected chi connectivity index (χ1v) is 10.7. The Kier molecular flexibility index (Phi) is 3.90. The highest BCUT2D eigenvalue weighted by Gasteiger charge is 2.40. The van der Waals surface area contributed by atoms with E-state index in [2.05, 4.69) is 71.5 Å².